The average Bonchev–Trinajstić information content (AvgIpc) is 2.47. The Hall–Kier alpha value is -1.22. The van der Waals surface area contributed by atoms with Crippen LogP contribution in [0, 0.1) is 12.3 Å². The number of aryl methyl sites for hydroxylation is 1. The molecule has 1 aliphatic carbocycles. The zero-order valence-electron chi connectivity index (χ0n) is 13.1. The Morgan fingerprint density at radius 1 is 1.20 bits per heavy atom. The highest BCUT2D eigenvalue weighted by molar-refractivity contribution is 5.61. The highest BCUT2D eigenvalue weighted by Crippen LogP contribution is 2.36. The molecule has 1 saturated carbocycles. The first-order chi connectivity index (χ1) is 9.56. The van der Waals surface area contributed by atoms with Crippen molar-refractivity contribution in [2.75, 3.05) is 37.5 Å². The van der Waals surface area contributed by atoms with E-state index < -0.39 is 0 Å². The third kappa shape index (κ3) is 3.45. The van der Waals surface area contributed by atoms with Gasteiger partial charge in [0.05, 0.1) is 6.61 Å². The van der Waals surface area contributed by atoms with Crippen LogP contribution in [0.25, 0.3) is 0 Å². The topological polar surface area (TPSA) is 35.5 Å². The van der Waals surface area contributed by atoms with Gasteiger partial charge in [-0.1, -0.05) is 25.3 Å². The lowest BCUT2D eigenvalue weighted by Gasteiger charge is -2.36. The van der Waals surface area contributed by atoms with Crippen molar-refractivity contribution < 1.29 is 5.11 Å². The van der Waals surface area contributed by atoms with Gasteiger partial charge in [-0.3, -0.25) is 0 Å². The van der Waals surface area contributed by atoms with Crippen LogP contribution in [0.5, 0.6) is 0 Å². The first kappa shape index (κ1) is 15.2. The summed E-state index contributed by atoms with van der Waals surface area (Å²) in [6, 6.07) is 6.49. The zero-order chi connectivity index (χ0) is 14.6. The molecule has 0 aliphatic heterocycles. The number of aliphatic hydroxyl groups is 1. The van der Waals surface area contributed by atoms with Crippen LogP contribution in [0.1, 0.15) is 37.7 Å². The number of aliphatic hydroxyl groups excluding tert-OH is 1. The fourth-order valence-electron chi connectivity index (χ4n) is 3.18. The molecular formula is C17H28N2O. The van der Waals surface area contributed by atoms with Gasteiger partial charge in [0.15, 0.2) is 0 Å². The van der Waals surface area contributed by atoms with E-state index >= 15 is 0 Å². The molecule has 0 atom stereocenters. The number of hydrogen-bond donors (Lipinski definition) is 2. The Morgan fingerprint density at radius 3 is 2.50 bits per heavy atom. The second-order valence-electron chi connectivity index (χ2n) is 6.47. The predicted molar refractivity (Wildman–Crippen MR) is 86.6 cm³/mol. The van der Waals surface area contributed by atoms with Crippen LogP contribution >= 0.6 is 0 Å². The van der Waals surface area contributed by atoms with Gasteiger partial charge in [-0.25, -0.2) is 0 Å². The predicted octanol–water partition coefficient (Wildman–Crippen LogP) is 3.42. The van der Waals surface area contributed by atoms with Gasteiger partial charge < -0.3 is 15.3 Å². The number of nitrogens with one attached hydrogen (secondary N) is 1. The SMILES string of the molecule is Cc1ccc(NCC2(CO)CCCCC2)cc1N(C)C. The summed E-state index contributed by atoms with van der Waals surface area (Å²) in [5, 5.41) is 13.3. The molecule has 1 aliphatic rings. The van der Waals surface area contributed by atoms with Crippen molar-refractivity contribution in [3.8, 4) is 0 Å². The van der Waals surface area contributed by atoms with Crippen molar-refractivity contribution in [1.29, 1.82) is 0 Å². The largest absolute Gasteiger partial charge is 0.396 e. The highest BCUT2D eigenvalue weighted by atomic mass is 16.3. The molecule has 0 bridgehead atoms. The molecule has 112 valence electrons. The number of nitrogens with zero attached hydrogens (tertiary/aromatic N) is 1. The molecule has 0 aromatic heterocycles. The lowest BCUT2D eigenvalue weighted by atomic mass is 9.74. The molecule has 3 nitrogen and oxygen atoms in total. The summed E-state index contributed by atoms with van der Waals surface area (Å²) in [6.07, 6.45) is 6.10. The molecule has 1 fully saturated rings. The number of hydrogen-bond acceptors (Lipinski definition) is 3. The number of benzene rings is 1. The minimum absolute atomic E-state index is 0.0847. The molecule has 0 saturated heterocycles. The van der Waals surface area contributed by atoms with Gasteiger partial charge in [0.1, 0.15) is 0 Å². The van der Waals surface area contributed by atoms with Crippen molar-refractivity contribution in [2.45, 2.75) is 39.0 Å². The van der Waals surface area contributed by atoms with E-state index in [1.165, 1.54) is 30.5 Å². The first-order valence-corrected chi connectivity index (χ1v) is 7.69. The van der Waals surface area contributed by atoms with Gasteiger partial charge in [-0.05, 0) is 37.5 Å². The van der Waals surface area contributed by atoms with Crippen molar-refractivity contribution in [1.82, 2.24) is 0 Å². The zero-order valence-corrected chi connectivity index (χ0v) is 13.1. The molecule has 20 heavy (non-hydrogen) atoms. The maximum Gasteiger partial charge on any atom is 0.0504 e. The molecule has 3 heteroatoms. The lowest BCUT2D eigenvalue weighted by molar-refractivity contribution is 0.0944. The van der Waals surface area contributed by atoms with Crippen molar-refractivity contribution in [2.24, 2.45) is 5.41 Å². The van der Waals surface area contributed by atoms with Gasteiger partial charge in [0.25, 0.3) is 0 Å². The molecule has 1 aromatic rings. The molecule has 2 rings (SSSR count). The summed E-state index contributed by atoms with van der Waals surface area (Å²) < 4.78 is 0. The molecule has 0 amide bonds. The Morgan fingerprint density at radius 2 is 1.90 bits per heavy atom. The normalized spacial score (nSPS) is 17.8. The van der Waals surface area contributed by atoms with E-state index in [0.717, 1.165) is 25.1 Å². The van der Waals surface area contributed by atoms with E-state index in [1.807, 2.05) is 0 Å². The van der Waals surface area contributed by atoms with Crippen molar-refractivity contribution >= 4 is 11.4 Å². The first-order valence-electron chi connectivity index (χ1n) is 7.69. The molecular weight excluding hydrogens is 248 g/mol. The van der Waals surface area contributed by atoms with Crippen LogP contribution in [-0.4, -0.2) is 32.4 Å². The monoisotopic (exact) mass is 276 g/mol. The van der Waals surface area contributed by atoms with Crippen LogP contribution in [0.4, 0.5) is 11.4 Å². The van der Waals surface area contributed by atoms with Crippen molar-refractivity contribution in [3.63, 3.8) is 0 Å². The van der Waals surface area contributed by atoms with Crippen LogP contribution in [0.2, 0.25) is 0 Å². The van der Waals surface area contributed by atoms with Crippen LogP contribution < -0.4 is 10.2 Å². The van der Waals surface area contributed by atoms with E-state index in [2.05, 4.69) is 49.4 Å². The van der Waals surface area contributed by atoms with Gasteiger partial charge in [0.2, 0.25) is 0 Å². The molecule has 0 heterocycles. The standard InChI is InChI=1S/C17H28N2O/c1-14-7-8-15(11-16(14)19(2)3)18-12-17(13-20)9-5-4-6-10-17/h7-8,11,18,20H,4-6,9-10,12-13H2,1-3H3. The summed E-state index contributed by atoms with van der Waals surface area (Å²) in [6.45, 7) is 3.31. The van der Waals surface area contributed by atoms with E-state index in [-0.39, 0.29) is 5.41 Å². The highest BCUT2D eigenvalue weighted by Gasteiger charge is 2.31. The second kappa shape index (κ2) is 6.49. The molecule has 1 aromatic carbocycles. The smallest absolute Gasteiger partial charge is 0.0504 e. The quantitative estimate of drug-likeness (QED) is 0.865. The minimum atomic E-state index is 0.0847. The average molecular weight is 276 g/mol. The molecule has 0 radical (unpaired) electrons. The van der Waals surface area contributed by atoms with Gasteiger partial charge in [0, 0.05) is 37.4 Å². The van der Waals surface area contributed by atoms with Gasteiger partial charge >= 0.3 is 0 Å². The Labute approximate surface area is 123 Å². The van der Waals surface area contributed by atoms with Crippen LogP contribution in [0.15, 0.2) is 18.2 Å². The molecule has 0 spiro atoms. The Bertz CT molecular complexity index is 437. The van der Waals surface area contributed by atoms with Crippen LogP contribution in [0.3, 0.4) is 0 Å². The summed E-state index contributed by atoms with van der Waals surface area (Å²) in [4.78, 5) is 2.14. The minimum Gasteiger partial charge on any atom is -0.396 e. The van der Waals surface area contributed by atoms with Gasteiger partial charge in [-0.15, -0.1) is 0 Å². The fourth-order valence-corrected chi connectivity index (χ4v) is 3.18. The maximum absolute atomic E-state index is 9.76. The maximum atomic E-state index is 9.76. The summed E-state index contributed by atoms with van der Waals surface area (Å²) >= 11 is 0. The van der Waals surface area contributed by atoms with E-state index in [1.54, 1.807) is 0 Å². The number of anilines is 2. The molecule has 2 N–H and O–H groups in total. The third-order valence-corrected chi connectivity index (χ3v) is 4.61. The number of rotatable bonds is 5. The summed E-state index contributed by atoms with van der Waals surface area (Å²) in [5.41, 5.74) is 3.77. The van der Waals surface area contributed by atoms with Gasteiger partial charge in [-0.2, -0.15) is 0 Å². The van der Waals surface area contributed by atoms with Crippen molar-refractivity contribution in [3.05, 3.63) is 23.8 Å². The van der Waals surface area contributed by atoms with E-state index in [9.17, 15) is 5.11 Å². The lowest BCUT2D eigenvalue weighted by Crippen LogP contribution is -2.35. The Kier molecular flexibility index (Phi) is 4.92. The Balaban J connectivity index is 2.04. The summed E-state index contributed by atoms with van der Waals surface area (Å²) in [7, 11) is 4.14. The van der Waals surface area contributed by atoms with E-state index in [0.29, 0.717) is 6.61 Å². The van der Waals surface area contributed by atoms with Crippen LogP contribution in [-0.2, 0) is 0 Å². The molecule has 0 unspecified atom stereocenters. The fraction of sp³-hybridized carbons (Fsp3) is 0.647. The second-order valence-corrected chi connectivity index (χ2v) is 6.47. The third-order valence-electron chi connectivity index (χ3n) is 4.61. The van der Waals surface area contributed by atoms with E-state index in [4.69, 9.17) is 0 Å². The summed E-state index contributed by atoms with van der Waals surface area (Å²) in [5.74, 6) is 0.